The number of carbonyl (C=O) groups excluding carboxylic acids is 4. The smallest absolute Gasteiger partial charge is 0.354 e. The predicted molar refractivity (Wildman–Crippen MR) is 277 cm³/mol. The van der Waals surface area contributed by atoms with Gasteiger partial charge in [-0.25, -0.2) is 31.3 Å². The molecule has 9 rings (SSSR count). The molecule has 4 N–H and O–H groups in total. The summed E-state index contributed by atoms with van der Waals surface area (Å²) >= 11 is 0. The van der Waals surface area contributed by atoms with Crippen LogP contribution >= 0.6 is 0 Å². The largest absolute Gasteiger partial charge is 0.477 e. The molecular weight excluding hydrogens is 947 g/mol. The Morgan fingerprint density at radius 1 is 0.689 bits per heavy atom. The number of carboxylic acids is 2. The van der Waals surface area contributed by atoms with Gasteiger partial charge in [0.15, 0.2) is 11.6 Å². The van der Waals surface area contributed by atoms with Gasteiger partial charge in [-0.05, 0) is 56.3 Å². The maximum absolute atomic E-state index is 12.5. The first-order chi connectivity index (χ1) is 34.2. The van der Waals surface area contributed by atoms with Crippen LogP contribution in [0.15, 0.2) is 23.5 Å². The van der Waals surface area contributed by atoms with Crippen molar-refractivity contribution < 1.29 is 45.6 Å². The van der Waals surface area contributed by atoms with Crippen LogP contribution in [-0.2, 0) is 71.0 Å². The lowest BCUT2D eigenvalue weighted by atomic mass is 9.55. The van der Waals surface area contributed by atoms with Crippen LogP contribution in [0.4, 0.5) is 0 Å². The van der Waals surface area contributed by atoms with Crippen molar-refractivity contribution in [3.05, 3.63) is 109 Å². The number of hydrogen-bond donors (Lipinski definition) is 4. The molecule has 10 atom stereocenters. The Kier molecular flexibility index (Phi) is 18.2. The molecule has 6 aliphatic rings. The Bertz CT molecular complexity index is 2940. The number of nitrogens with one attached hydrogen (secondary N) is 1. The highest BCUT2D eigenvalue weighted by Gasteiger charge is 2.57. The molecule has 1 fully saturated rings. The van der Waals surface area contributed by atoms with Crippen LogP contribution in [0.1, 0.15) is 156 Å². The number of aromatic carboxylic acids is 2. The first-order valence-corrected chi connectivity index (χ1v) is 23.6. The van der Waals surface area contributed by atoms with Gasteiger partial charge < -0.3 is 34.8 Å². The Hall–Kier alpha value is -7.08. The second-order valence-corrected chi connectivity index (χ2v) is 20.5. The standard InChI is InChI=1S/C18H22N4O2.C16H19N3O3.C16H17N3O3.CH5NO.3CH4/c1-10-12-8-7-11-14(17(24)21(4)5)22(6)20-16(11)18(12,2)9-13(19-3)15(10)23;2*1-8-10-6-5-9-12(15(21)22)19(4)18-14(9)16(10,2)7-11(17-3)13(8)20;1-2-3;;;/h9-10,12H,7-8H2,1-2,4-6H3;8,10-11H,5-7H2,1-2,4H3,(H,21,22);7-8,10H,5-6H2,1-2,4H3,(H,21,22);2-3H,1H3;3*1H4/t10-,12-,18-;8-,10-,11?,16-;8-,10-,16-;;;;/m000..../s1/i;;;;1T;;. The van der Waals surface area contributed by atoms with Gasteiger partial charge in [-0.2, -0.15) is 15.3 Å². The highest BCUT2D eigenvalue weighted by molar-refractivity contribution is 6.01. The minimum Gasteiger partial charge on any atom is -0.477 e. The van der Waals surface area contributed by atoms with Crippen LogP contribution < -0.4 is 5.48 Å². The number of carboxylic acid groups (broad SMARTS) is 2. The normalized spacial score (nSPS) is 28.6. The topological polar surface area (TPSA) is 245 Å². The maximum Gasteiger partial charge on any atom is 0.354 e. The first-order valence-electron chi connectivity index (χ1n) is 24.6. The first kappa shape index (κ1) is 59.5. The van der Waals surface area contributed by atoms with Crippen LogP contribution in [0.2, 0.25) is 0 Å². The van der Waals surface area contributed by atoms with Crippen molar-refractivity contribution in [2.24, 2.45) is 56.7 Å². The zero-order valence-electron chi connectivity index (χ0n) is 44.4. The molecule has 1 saturated carbocycles. The minimum absolute atomic E-state index is 0. The van der Waals surface area contributed by atoms with Gasteiger partial charge in [0.1, 0.15) is 17.1 Å². The molecular formula is C54H75N11O9. The molecule has 74 heavy (non-hydrogen) atoms. The summed E-state index contributed by atoms with van der Waals surface area (Å²) in [5.41, 5.74) is 6.46. The van der Waals surface area contributed by atoms with Crippen molar-refractivity contribution in [3.63, 3.8) is 0 Å². The van der Waals surface area contributed by atoms with E-state index in [1.807, 2.05) is 41.5 Å². The van der Waals surface area contributed by atoms with Crippen LogP contribution in [0.5, 0.6) is 0 Å². The third kappa shape index (κ3) is 9.75. The van der Waals surface area contributed by atoms with Gasteiger partial charge in [-0.1, -0.05) is 76.0 Å². The Labute approximate surface area is 436 Å². The number of nitrogens with zero attached hydrogens (tertiary/aromatic N) is 10. The van der Waals surface area contributed by atoms with Gasteiger partial charge in [0, 0.05) is 101 Å². The minimum atomic E-state index is -0.993. The van der Waals surface area contributed by atoms with Crippen molar-refractivity contribution in [2.75, 3.05) is 21.1 Å². The summed E-state index contributed by atoms with van der Waals surface area (Å²) in [5.74, 6) is -2.54. The molecule has 0 radical (unpaired) electrons. The molecule has 1 amide bonds. The van der Waals surface area contributed by atoms with Crippen molar-refractivity contribution in [1.82, 2.24) is 39.7 Å². The number of carbonyl (C=O) groups is 6. The van der Waals surface area contributed by atoms with E-state index in [1.54, 1.807) is 62.5 Å². The lowest BCUT2D eigenvalue weighted by Crippen LogP contribution is -2.51. The molecule has 400 valence electrons. The SMILES string of the molecule is C.C.CNO.[3H]C.[C-]#[N+]C1=C[C@]2(C)c3nn(C)c(C(=O)N(C)C)c3CC[C@H]2[C@H](C)C1=O.[C-]#[N+]C1=C[C@]2(C)c3nn(C)c(C(=O)O)c3CC[C@H]2[C@H](C)C1=O.[C-]#[N+]C1C[C@]2(C)c3nn(C)c(C(=O)O)c3CC[C@H]2[C@H](C)C1=O. The molecule has 3 aromatic rings. The average Bonchev–Trinajstić information content (AvgIpc) is 4.01. The van der Waals surface area contributed by atoms with Gasteiger partial charge in [0.2, 0.25) is 17.2 Å². The molecule has 3 aromatic heterocycles. The number of rotatable bonds is 3. The molecule has 1 unspecified atom stereocenters. The van der Waals surface area contributed by atoms with E-state index < -0.39 is 34.2 Å². The number of Topliss-reactive ketones (excluding diaryl/α,β-unsaturated/α-hetero) is 3. The van der Waals surface area contributed by atoms with Gasteiger partial charge in [0.05, 0.1) is 30.2 Å². The quantitative estimate of drug-likeness (QED) is 0.149. The van der Waals surface area contributed by atoms with E-state index in [2.05, 4.69) is 29.8 Å². The number of fused-ring (bicyclic) bond motifs is 9. The van der Waals surface area contributed by atoms with Crippen LogP contribution in [-0.4, -0.2) is 112 Å². The number of ketones is 3. The average molecular weight is 1020 g/mol. The number of aryl methyl sites for hydroxylation is 3. The van der Waals surface area contributed by atoms with E-state index >= 15 is 0 Å². The van der Waals surface area contributed by atoms with E-state index in [0.717, 1.165) is 53.8 Å². The predicted octanol–water partition coefficient (Wildman–Crippen LogP) is 7.26. The lowest BCUT2D eigenvalue weighted by Gasteiger charge is -2.46. The summed E-state index contributed by atoms with van der Waals surface area (Å²) in [6.07, 6.45) is 8.19. The summed E-state index contributed by atoms with van der Waals surface area (Å²) < 4.78 is 10.2. The number of aromatic nitrogens is 6. The second-order valence-electron chi connectivity index (χ2n) is 20.5. The third-order valence-electron chi connectivity index (χ3n) is 16.3. The van der Waals surface area contributed by atoms with Crippen molar-refractivity contribution in [2.45, 2.75) is 131 Å². The Balaban J connectivity index is 0.000000280. The number of hydrogen-bond acceptors (Lipinski definition) is 11. The number of hydroxylamine groups is 1. The van der Waals surface area contributed by atoms with E-state index in [-0.39, 0.29) is 96.4 Å². The Morgan fingerprint density at radius 2 is 1.04 bits per heavy atom. The Morgan fingerprint density at radius 3 is 1.41 bits per heavy atom. The van der Waals surface area contributed by atoms with Gasteiger partial charge in [0.25, 0.3) is 11.9 Å². The maximum atomic E-state index is 12.5. The fourth-order valence-corrected chi connectivity index (χ4v) is 12.9. The van der Waals surface area contributed by atoms with Crippen molar-refractivity contribution in [1.29, 1.82) is 0 Å². The molecule has 0 bridgehead atoms. The molecule has 20 nitrogen and oxygen atoms in total. The molecule has 6 aliphatic carbocycles. The molecule has 0 aliphatic heterocycles. The molecule has 20 heteroatoms. The van der Waals surface area contributed by atoms with Crippen molar-refractivity contribution in [3.8, 4) is 0 Å². The number of allylic oxidation sites excluding steroid dienone is 4. The summed E-state index contributed by atoms with van der Waals surface area (Å²) in [5, 5.41) is 39.7. The molecule has 0 aromatic carbocycles. The fourth-order valence-electron chi connectivity index (χ4n) is 12.9. The lowest BCUT2D eigenvalue weighted by molar-refractivity contribution is -0.129. The summed E-state index contributed by atoms with van der Waals surface area (Å²) in [6.45, 7) is 33.5. The summed E-state index contributed by atoms with van der Waals surface area (Å²) in [6, 6.07) is -0.641. The summed E-state index contributed by atoms with van der Waals surface area (Å²) in [7, 11) is 11.2. The zero-order chi connectivity index (χ0) is 55.0. The molecule has 0 spiro atoms. The number of amides is 1. The monoisotopic (exact) mass is 1020 g/mol. The highest BCUT2D eigenvalue weighted by Crippen LogP contribution is 2.53. The van der Waals surface area contributed by atoms with Crippen LogP contribution in [0.25, 0.3) is 14.5 Å². The van der Waals surface area contributed by atoms with Crippen LogP contribution in [0.3, 0.4) is 0 Å². The second kappa shape index (κ2) is 22.6. The molecule has 3 heterocycles. The fraction of sp³-hybridized carbons (Fsp3) is 0.593. The van der Waals surface area contributed by atoms with Gasteiger partial charge in [-0.3, -0.25) is 23.6 Å². The molecule has 0 saturated heterocycles. The van der Waals surface area contributed by atoms with Gasteiger partial charge in [-0.15, -0.1) is 0 Å². The zero-order valence-corrected chi connectivity index (χ0v) is 43.4. The highest BCUT2D eigenvalue weighted by atomic mass is 16.5. The van der Waals surface area contributed by atoms with E-state index in [9.17, 15) is 39.0 Å². The van der Waals surface area contributed by atoms with E-state index in [1.165, 1.54) is 23.8 Å². The van der Waals surface area contributed by atoms with Crippen molar-refractivity contribution >= 4 is 35.2 Å². The summed E-state index contributed by atoms with van der Waals surface area (Å²) in [4.78, 5) is 84.3. The van der Waals surface area contributed by atoms with Crippen LogP contribution in [0, 0.1) is 55.2 Å². The van der Waals surface area contributed by atoms with Gasteiger partial charge >= 0.3 is 11.9 Å². The van der Waals surface area contributed by atoms with E-state index in [4.69, 9.17) is 26.3 Å². The third-order valence-corrected chi connectivity index (χ3v) is 16.3. The van der Waals surface area contributed by atoms with E-state index in [0.29, 0.717) is 30.7 Å².